The van der Waals surface area contributed by atoms with Gasteiger partial charge in [-0.25, -0.2) is 6.57 Å². The Kier molecular flexibility index (Phi) is 5.23. The van der Waals surface area contributed by atoms with Crippen molar-refractivity contribution in [3.8, 4) is 0 Å². The minimum absolute atomic E-state index is 0.134. The molecule has 2 unspecified atom stereocenters. The topological polar surface area (TPSA) is 33.9 Å². The van der Waals surface area contributed by atoms with Crippen LogP contribution in [0.3, 0.4) is 0 Å². The van der Waals surface area contributed by atoms with Crippen molar-refractivity contribution in [1.82, 2.24) is 4.90 Å². The summed E-state index contributed by atoms with van der Waals surface area (Å²) in [6.45, 7) is 17.5. The maximum absolute atomic E-state index is 12.6. The van der Waals surface area contributed by atoms with Gasteiger partial charge in [0.25, 0.3) is 0 Å². The first-order valence-electron chi connectivity index (χ1n) is 7.87. The zero-order valence-corrected chi connectivity index (χ0v) is 14.0. The summed E-state index contributed by atoms with van der Waals surface area (Å²) in [6, 6.07) is 9.17. The number of ether oxygens (including phenoxy) is 1. The summed E-state index contributed by atoms with van der Waals surface area (Å²) < 4.78 is 5.56. The molecule has 3 atom stereocenters. The molecule has 1 fully saturated rings. The van der Waals surface area contributed by atoms with E-state index in [0.29, 0.717) is 13.0 Å². The van der Waals surface area contributed by atoms with E-state index in [1.165, 1.54) is 0 Å². The second-order valence-electron chi connectivity index (χ2n) is 6.87. The van der Waals surface area contributed by atoms with Crippen LogP contribution in [0, 0.1) is 6.57 Å². The highest BCUT2D eigenvalue weighted by atomic mass is 16.6. The van der Waals surface area contributed by atoms with Crippen molar-refractivity contribution in [3.05, 3.63) is 60.0 Å². The van der Waals surface area contributed by atoms with E-state index >= 15 is 0 Å². The largest absolute Gasteiger partial charge is 0.459 e. The fourth-order valence-electron chi connectivity index (χ4n) is 2.97. The molecule has 0 bridgehead atoms. The third-order valence-corrected chi connectivity index (χ3v) is 3.94. The Morgan fingerprint density at radius 1 is 1.43 bits per heavy atom. The Hall–Kier alpha value is -2.12. The van der Waals surface area contributed by atoms with E-state index < -0.39 is 11.6 Å². The Labute approximate surface area is 138 Å². The maximum Gasteiger partial charge on any atom is 0.324 e. The normalized spacial score (nSPS) is 24.9. The predicted octanol–water partition coefficient (Wildman–Crippen LogP) is 3.45. The molecule has 4 nitrogen and oxygen atoms in total. The molecule has 0 spiro atoms. The molecule has 0 aliphatic carbocycles. The van der Waals surface area contributed by atoms with E-state index in [9.17, 15) is 4.79 Å². The second kappa shape index (κ2) is 6.97. The predicted molar refractivity (Wildman–Crippen MR) is 90.6 cm³/mol. The number of carbonyl (C=O) groups is 1. The molecule has 1 heterocycles. The van der Waals surface area contributed by atoms with E-state index in [0.717, 1.165) is 5.56 Å². The van der Waals surface area contributed by atoms with Crippen LogP contribution in [0.4, 0.5) is 0 Å². The van der Waals surface area contributed by atoms with Gasteiger partial charge in [0.2, 0.25) is 6.04 Å². The first-order valence-corrected chi connectivity index (χ1v) is 7.87. The van der Waals surface area contributed by atoms with Gasteiger partial charge in [-0.1, -0.05) is 36.4 Å². The van der Waals surface area contributed by atoms with Crippen LogP contribution in [0.5, 0.6) is 0 Å². The lowest BCUT2D eigenvalue weighted by Gasteiger charge is -2.29. The Morgan fingerprint density at radius 2 is 2.09 bits per heavy atom. The quantitative estimate of drug-likeness (QED) is 0.485. The zero-order valence-electron chi connectivity index (χ0n) is 14.0. The Bertz CT molecular complexity index is 598. The molecule has 0 N–H and O–H groups in total. The number of benzene rings is 1. The van der Waals surface area contributed by atoms with Crippen LogP contribution in [0.1, 0.15) is 32.8 Å². The lowest BCUT2D eigenvalue weighted by atomic mass is 10.1. The van der Waals surface area contributed by atoms with Gasteiger partial charge in [0.15, 0.2) is 0 Å². The standard InChI is InChI=1S/C19H24N2O2/c1-6-16-15(20-5)12-17(18(22)23-19(2,3)4)21(16)13-14-10-8-7-9-11-14/h6-11,15-17H,1,12-13H2,2-4H3/t15?,16?,17-/m1/s1. The minimum atomic E-state index is -0.532. The second-order valence-corrected chi connectivity index (χ2v) is 6.87. The van der Waals surface area contributed by atoms with Gasteiger partial charge in [-0.2, -0.15) is 0 Å². The fraction of sp³-hybridized carbons (Fsp3) is 0.474. The lowest BCUT2D eigenvalue weighted by molar-refractivity contribution is -0.160. The monoisotopic (exact) mass is 312 g/mol. The first kappa shape index (κ1) is 17.2. The average molecular weight is 312 g/mol. The van der Waals surface area contributed by atoms with Crippen molar-refractivity contribution in [2.24, 2.45) is 0 Å². The maximum atomic E-state index is 12.6. The molecular weight excluding hydrogens is 288 g/mol. The highest BCUT2D eigenvalue weighted by Crippen LogP contribution is 2.31. The Morgan fingerprint density at radius 3 is 2.61 bits per heavy atom. The van der Waals surface area contributed by atoms with E-state index in [1.54, 1.807) is 6.08 Å². The van der Waals surface area contributed by atoms with Crippen LogP contribution < -0.4 is 0 Å². The summed E-state index contributed by atoms with van der Waals surface area (Å²) in [7, 11) is 0. The minimum Gasteiger partial charge on any atom is -0.459 e. The van der Waals surface area contributed by atoms with E-state index in [1.807, 2.05) is 56.0 Å². The first-order chi connectivity index (χ1) is 10.9. The molecule has 0 saturated carbocycles. The molecule has 2 rings (SSSR count). The number of nitrogens with zero attached hydrogens (tertiary/aromatic N) is 2. The highest BCUT2D eigenvalue weighted by Gasteiger charge is 2.48. The van der Waals surface area contributed by atoms with Crippen molar-refractivity contribution < 1.29 is 9.53 Å². The molecule has 1 aromatic rings. The summed E-state index contributed by atoms with van der Waals surface area (Å²) in [5.74, 6) is -0.258. The van der Waals surface area contributed by atoms with Crippen molar-refractivity contribution in [1.29, 1.82) is 0 Å². The summed E-state index contributed by atoms with van der Waals surface area (Å²) in [4.78, 5) is 18.3. The number of likely N-dealkylation sites (tertiary alicyclic amines) is 1. The molecule has 1 aliphatic rings. The number of carbonyl (C=O) groups excluding carboxylic acids is 1. The van der Waals surface area contributed by atoms with Crippen LogP contribution in [0.2, 0.25) is 0 Å². The summed E-state index contributed by atoms with van der Waals surface area (Å²) >= 11 is 0. The molecule has 4 heteroatoms. The molecule has 0 radical (unpaired) electrons. The molecule has 1 aliphatic heterocycles. The van der Waals surface area contributed by atoms with E-state index in [4.69, 9.17) is 11.3 Å². The molecule has 23 heavy (non-hydrogen) atoms. The summed E-state index contributed by atoms with van der Waals surface area (Å²) in [5, 5.41) is 0. The number of hydrogen-bond donors (Lipinski definition) is 0. The number of rotatable bonds is 4. The van der Waals surface area contributed by atoms with Crippen LogP contribution in [0.25, 0.3) is 4.85 Å². The molecule has 0 aromatic heterocycles. The van der Waals surface area contributed by atoms with E-state index in [-0.39, 0.29) is 18.1 Å². The van der Waals surface area contributed by atoms with Crippen LogP contribution in [-0.2, 0) is 16.1 Å². The van der Waals surface area contributed by atoms with Crippen molar-refractivity contribution >= 4 is 5.97 Å². The van der Waals surface area contributed by atoms with Gasteiger partial charge in [0.1, 0.15) is 17.7 Å². The number of hydrogen-bond acceptors (Lipinski definition) is 3. The third-order valence-electron chi connectivity index (χ3n) is 3.94. The highest BCUT2D eigenvalue weighted by molar-refractivity contribution is 5.77. The molecule has 122 valence electrons. The van der Waals surface area contributed by atoms with Crippen molar-refractivity contribution in [2.75, 3.05) is 0 Å². The summed E-state index contributed by atoms with van der Waals surface area (Å²) in [5.41, 5.74) is 0.577. The fourth-order valence-corrected chi connectivity index (χ4v) is 2.97. The van der Waals surface area contributed by atoms with Gasteiger partial charge in [0, 0.05) is 6.54 Å². The third kappa shape index (κ3) is 4.20. The Balaban J connectivity index is 2.25. The zero-order chi connectivity index (χ0) is 17.0. The van der Waals surface area contributed by atoms with Gasteiger partial charge in [-0.15, -0.1) is 6.58 Å². The molecular formula is C19H24N2O2. The molecule has 1 aromatic carbocycles. The number of esters is 1. The van der Waals surface area contributed by atoms with E-state index in [2.05, 4.69) is 11.4 Å². The van der Waals surface area contributed by atoms with Gasteiger partial charge in [-0.3, -0.25) is 9.69 Å². The van der Waals surface area contributed by atoms with Gasteiger partial charge < -0.3 is 9.58 Å². The van der Waals surface area contributed by atoms with Gasteiger partial charge in [-0.05, 0) is 26.3 Å². The van der Waals surface area contributed by atoms with Gasteiger partial charge >= 0.3 is 5.97 Å². The average Bonchev–Trinajstić information content (AvgIpc) is 2.84. The van der Waals surface area contributed by atoms with Crippen LogP contribution >= 0.6 is 0 Å². The molecule has 0 amide bonds. The van der Waals surface area contributed by atoms with Gasteiger partial charge in [0.05, 0.1) is 6.42 Å². The van der Waals surface area contributed by atoms with Crippen LogP contribution in [-0.4, -0.2) is 34.6 Å². The molecule has 1 saturated heterocycles. The SMILES string of the molecule is [C-]#[N+]C1C[C@H](C(=O)OC(C)(C)C)N(Cc2ccccc2)C1C=C. The van der Waals surface area contributed by atoms with Crippen LogP contribution in [0.15, 0.2) is 43.0 Å². The lowest BCUT2D eigenvalue weighted by Crippen LogP contribution is -2.43. The van der Waals surface area contributed by atoms with Crippen molar-refractivity contribution in [2.45, 2.75) is 57.5 Å². The van der Waals surface area contributed by atoms with Crippen molar-refractivity contribution in [3.63, 3.8) is 0 Å². The summed E-state index contributed by atoms with van der Waals surface area (Å²) in [6.07, 6.45) is 2.26. The smallest absolute Gasteiger partial charge is 0.324 e.